The van der Waals surface area contributed by atoms with Crippen molar-refractivity contribution in [3.8, 4) is 23.0 Å². The van der Waals surface area contributed by atoms with Crippen molar-refractivity contribution in [2.75, 3.05) is 28.4 Å². The van der Waals surface area contributed by atoms with Crippen LogP contribution in [0.15, 0.2) is 46.7 Å². The summed E-state index contributed by atoms with van der Waals surface area (Å²) in [6, 6.07) is 10.8. The van der Waals surface area contributed by atoms with Crippen LogP contribution in [0.25, 0.3) is 11.1 Å². The van der Waals surface area contributed by atoms with Crippen LogP contribution in [-0.2, 0) is 0 Å². The molecule has 0 unspecified atom stereocenters. The quantitative estimate of drug-likeness (QED) is 0.568. The van der Waals surface area contributed by atoms with Gasteiger partial charge in [0.25, 0.3) is 0 Å². The topological polar surface area (TPSA) is 102 Å². The first-order chi connectivity index (χ1) is 14.1. The zero-order valence-corrected chi connectivity index (χ0v) is 16.6. The van der Waals surface area contributed by atoms with Crippen molar-refractivity contribution < 1.29 is 29.4 Å². The minimum absolute atomic E-state index is 0.167. The first kappa shape index (κ1) is 20.1. The van der Waals surface area contributed by atoms with E-state index in [-0.39, 0.29) is 6.42 Å². The molecule has 2 N–H and O–H groups in total. The molecule has 3 rings (SSSR count). The molecule has 1 aliphatic carbocycles. The van der Waals surface area contributed by atoms with E-state index in [1.807, 2.05) is 12.1 Å². The molecule has 2 aromatic carbocycles. The molecule has 0 heterocycles. The van der Waals surface area contributed by atoms with Crippen LogP contribution in [0.2, 0.25) is 0 Å². The van der Waals surface area contributed by atoms with Crippen LogP contribution in [-0.4, -0.2) is 50.3 Å². The third-order valence-corrected chi connectivity index (χ3v) is 4.74. The largest absolute Gasteiger partial charge is 0.497 e. The third-order valence-electron chi connectivity index (χ3n) is 4.74. The highest BCUT2D eigenvalue weighted by Gasteiger charge is 2.32. The van der Waals surface area contributed by atoms with E-state index in [9.17, 15) is 10.4 Å². The van der Waals surface area contributed by atoms with Gasteiger partial charge in [0.05, 0.1) is 39.9 Å². The molecule has 152 valence electrons. The minimum Gasteiger partial charge on any atom is -0.497 e. The second-order valence-corrected chi connectivity index (χ2v) is 6.16. The van der Waals surface area contributed by atoms with Gasteiger partial charge in [0.2, 0.25) is 5.75 Å². The number of ether oxygens (including phenoxy) is 4. The number of methoxy groups -OCH3 is 4. The summed E-state index contributed by atoms with van der Waals surface area (Å²) in [6.45, 7) is 0. The molecule has 8 nitrogen and oxygen atoms in total. The van der Waals surface area contributed by atoms with Gasteiger partial charge in [0.15, 0.2) is 11.5 Å². The van der Waals surface area contributed by atoms with E-state index < -0.39 is 0 Å². The van der Waals surface area contributed by atoms with Crippen molar-refractivity contribution in [1.29, 1.82) is 0 Å². The van der Waals surface area contributed by atoms with E-state index in [2.05, 4.69) is 10.3 Å². The lowest BCUT2D eigenvalue weighted by Gasteiger charge is -2.16. The minimum atomic E-state index is 0.167. The predicted molar refractivity (Wildman–Crippen MR) is 109 cm³/mol. The molecule has 29 heavy (non-hydrogen) atoms. The lowest BCUT2D eigenvalue weighted by Crippen LogP contribution is -2.01. The highest BCUT2D eigenvalue weighted by Crippen LogP contribution is 2.44. The molecule has 0 aliphatic heterocycles. The Morgan fingerprint density at radius 1 is 0.690 bits per heavy atom. The van der Waals surface area contributed by atoms with E-state index in [0.29, 0.717) is 51.1 Å². The zero-order valence-electron chi connectivity index (χ0n) is 16.6. The van der Waals surface area contributed by atoms with Gasteiger partial charge in [-0.3, -0.25) is 0 Å². The lowest BCUT2D eigenvalue weighted by molar-refractivity contribution is 0.317. The summed E-state index contributed by atoms with van der Waals surface area (Å²) in [6.07, 6.45) is 0.167. The molecule has 0 radical (unpaired) electrons. The summed E-state index contributed by atoms with van der Waals surface area (Å²) in [4.78, 5) is 0. The highest BCUT2D eigenvalue weighted by molar-refractivity contribution is 6.53. The van der Waals surface area contributed by atoms with Crippen molar-refractivity contribution in [1.82, 2.24) is 0 Å². The van der Waals surface area contributed by atoms with Crippen LogP contribution < -0.4 is 18.9 Å². The van der Waals surface area contributed by atoms with Gasteiger partial charge in [-0.25, -0.2) is 0 Å². The van der Waals surface area contributed by atoms with Gasteiger partial charge in [0, 0.05) is 17.6 Å². The van der Waals surface area contributed by atoms with Gasteiger partial charge in [-0.1, -0.05) is 22.4 Å². The molecule has 0 spiro atoms. The van der Waals surface area contributed by atoms with Crippen LogP contribution in [0, 0.1) is 0 Å². The third kappa shape index (κ3) is 3.56. The molecule has 0 saturated carbocycles. The summed E-state index contributed by atoms with van der Waals surface area (Å²) in [5.41, 5.74) is 3.42. The van der Waals surface area contributed by atoms with E-state index in [4.69, 9.17) is 18.9 Å². The second kappa shape index (κ2) is 8.55. The summed E-state index contributed by atoms with van der Waals surface area (Å²) >= 11 is 0. The number of benzene rings is 2. The van der Waals surface area contributed by atoms with Crippen LogP contribution >= 0.6 is 0 Å². The first-order valence-corrected chi connectivity index (χ1v) is 8.73. The van der Waals surface area contributed by atoms with Gasteiger partial charge in [0.1, 0.15) is 5.75 Å². The van der Waals surface area contributed by atoms with Crippen LogP contribution in [0.4, 0.5) is 0 Å². The maximum absolute atomic E-state index is 9.62. The lowest BCUT2D eigenvalue weighted by atomic mass is 9.95. The number of rotatable bonds is 6. The van der Waals surface area contributed by atoms with Crippen LogP contribution in [0.3, 0.4) is 0 Å². The Bertz CT molecular complexity index is 968. The molecule has 0 aromatic heterocycles. The molecular formula is C21H22N2O6. The molecule has 0 bridgehead atoms. The summed E-state index contributed by atoms with van der Waals surface area (Å²) in [7, 11) is 6.16. The molecular weight excluding hydrogens is 376 g/mol. The van der Waals surface area contributed by atoms with Crippen molar-refractivity contribution in [3.05, 3.63) is 47.5 Å². The average molecular weight is 398 g/mol. The Balaban J connectivity index is 2.31. The van der Waals surface area contributed by atoms with E-state index in [1.54, 1.807) is 31.4 Å². The van der Waals surface area contributed by atoms with Crippen molar-refractivity contribution in [2.45, 2.75) is 6.42 Å². The number of hydrogen-bond donors (Lipinski definition) is 2. The van der Waals surface area contributed by atoms with Gasteiger partial charge < -0.3 is 29.4 Å². The normalized spacial score (nSPS) is 16.4. The number of allylic oxidation sites excluding steroid dienone is 2. The Morgan fingerprint density at radius 2 is 1.21 bits per heavy atom. The smallest absolute Gasteiger partial charge is 0.203 e. The predicted octanol–water partition coefficient (Wildman–Crippen LogP) is 3.70. The average Bonchev–Trinajstić information content (AvgIpc) is 3.16. The SMILES string of the molecule is COc1ccc(C2=C(c3cc(OC)c(OC)c(OC)c3)C(=N/O)/C/C2=N\O)cc1. The number of hydrogen-bond acceptors (Lipinski definition) is 8. The van der Waals surface area contributed by atoms with E-state index >= 15 is 0 Å². The van der Waals surface area contributed by atoms with E-state index in [1.165, 1.54) is 21.3 Å². The Hall–Kier alpha value is -3.68. The summed E-state index contributed by atoms with van der Waals surface area (Å²) in [5.74, 6) is 2.05. The van der Waals surface area contributed by atoms with Gasteiger partial charge >= 0.3 is 0 Å². The van der Waals surface area contributed by atoms with Crippen molar-refractivity contribution in [3.63, 3.8) is 0 Å². The molecule has 0 amide bonds. The van der Waals surface area contributed by atoms with Gasteiger partial charge in [-0.05, 0) is 35.4 Å². The molecule has 0 fully saturated rings. The molecule has 1 aliphatic rings. The number of nitrogens with zero attached hydrogens (tertiary/aromatic N) is 2. The maximum Gasteiger partial charge on any atom is 0.203 e. The Labute approximate surface area is 168 Å². The monoisotopic (exact) mass is 398 g/mol. The van der Waals surface area contributed by atoms with Crippen molar-refractivity contribution >= 4 is 22.6 Å². The molecule has 8 heteroatoms. The Morgan fingerprint density at radius 3 is 1.62 bits per heavy atom. The summed E-state index contributed by atoms with van der Waals surface area (Å²) < 4.78 is 21.5. The number of oxime groups is 2. The summed E-state index contributed by atoms with van der Waals surface area (Å²) in [5, 5.41) is 26.1. The van der Waals surface area contributed by atoms with E-state index in [0.717, 1.165) is 5.56 Å². The van der Waals surface area contributed by atoms with Gasteiger partial charge in [-0.2, -0.15) is 0 Å². The standard InChI is InChI=1S/C21H22N2O6/c1-26-14-7-5-12(6-8-14)19-15(22-24)11-16(23-25)20(19)13-9-17(27-2)21(29-4)18(10-13)28-3/h5-10,24-25H,11H2,1-4H3/b22-15+,23-16+. The fourth-order valence-electron chi connectivity index (χ4n) is 3.40. The first-order valence-electron chi connectivity index (χ1n) is 8.73. The zero-order chi connectivity index (χ0) is 21.0. The second-order valence-electron chi connectivity index (χ2n) is 6.16. The molecule has 0 atom stereocenters. The van der Waals surface area contributed by atoms with Crippen LogP contribution in [0.5, 0.6) is 23.0 Å². The van der Waals surface area contributed by atoms with Crippen molar-refractivity contribution in [2.24, 2.45) is 10.3 Å². The fraction of sp³-hybridized carbons (Fsp3) is 0.238. The maximum atomic E-state index is 9.62. The fourth-order valence-corrected chi connectivity index (χ4v) is 3.40. The van der Waals surface area contributed by atoms with Crippen LogP contribution in [0.1, 0.15) is 17.5 Å². The highest BCUT2D eigenvalue weighted by atomic mass is 16.5. The molecule has 0 saturated heterocycles. The molecule has 2 aromatic rings. The van der Waals surface area contributed by atoms with Gasteiger partial charge in [-0.15, -0.1) is 0 Å². The Kier molecular flexibility index (Phi) is 5.92.